The van der Waals surface area contributed by atoms with Crippen molar-refractivity contribution in [3.8, 4) is 11.5 Å². The molecule has 1 rings (SSSR count). The molecule has 0 aliphatic heterocycles. The van der Waals surface area contributed by atoms with Crippen LogP contribution in [0.25, 0.3) is 0 Å². The largest absolute Gasteiger partial charge is 0.496 e. The van der Waals surface area contributed by atoms with Crippen LogP contribution >= 0.6 is 0 Å². The molecule has 0 aliphatic rings. The highest BCUT2D eigenvalue weighted by atomic mass is 19.1. The normalized spacial score (nSPS) is 11.4. The van der Waals surface area contributed by atoms with Crippen molar-refractivity contribution in [3.63, 3.8) is 0 Å². The summed E-state index contributed by atoms with van der Waals surface area (Å²) in [7, 11) is 2.98. The van der Waals surface area contributed by atoms with E-state index in [2.05, 4.69) is 0 Å². The monoisotopic (exact) mass is 227 g/mol. The van der Waals surface area contributed by atoms with Crippen LogP contribution in [0, 0.1) is 5.82 Å². The van der Waals surface area contributed by atoms with Gasteiger partial charge in [0.15, 0.2) is 11.6 Å². The van der Waals surface area contributed by atoms with E-state index in [0.29, 0.717) is 17.7 Å². The van der Waals surface area contributed by atoms with E-state index in [1.807, 2.05) is 13.8 Å². The van der Waals surface area contributed by atoms with Crippen molar-refractivity contribution in [2.24, 2.45) is 5.73 Å². The Hall–Kier alpha value is -1.29. The predicted octanol–water partition coefficient (Wildman–Crippen LogP) is 2.12. The molecule has 0 atom stereocenters. The summed E-state index contributed by atoms with van der Waals surface area (Å²) in [4.78, 5) is 0. The average molecular weight is 227 g/mol. The van der Waals surface area contributed by atoms with Crippen molar-refractivity contribution in [1.82, 2.24) is 0 Å². The highest BCUT2D eigenvalue weighted by molar-refractivity contribution is 5.46. The molecule has 0 fully saturated rings. The van der Waals surface area contributed by atoms with Crippen LogP contribution in [0.3, 0.4) is 0 Å². The first-order valence-corrected chi connectivity index (χ1v) is 5.07. The molecule has 1 aromatic rings. The summed E-state index contributed by atoms with van der Waals surface area (Å²) in [6.45, 7) is 3.74. The Morgan fingerprint density at radius 1 is 1.25 bits per heavy atom. The van der Waals surface area contributed by atoms with Gasteiger partial charge < -0.3 is 15.2 Å². The number of hydrogen-bond donors (Lipinski definition) is 1. The molecule has 16 heavy (non-hydrogen) atoms. The molecule has 0 unspecified atom stereocenters. The van der Waals surface area contributed by atoms with E-state index in [1.54, 1.807) is 13.2 Å². The Morgan fingerprint density at radius 2 is 1.88 bits per heavy atom. The first-order chi connectivity index (χ1) is 7.39. The summed E-state index contributed by atoms with van der Waals surface area (Å²) < 4.78 is 23.8. The molecule has 2 N–H and O–H groups in total. The van der Waals surface area contributed by atoms with E-state index < -0.39 is 11.4 Å². The average Bonchev–Trinajstić information content (AvgIpc) is 2.16. The topological polar surface area (TPSA) is 44.5 Å². The van der Waals surface area contributed by atoms with Crippen LogP contribution in [0.4, 0.5) is 4.39 Å². The number of ether oxygens (including phenoxy) is 2. The van der Waals surface area contributed by atoms with Gasteiger partial charge in [-0.25, -0.2) is 4.39 Å². The molecule has 0 heterocycles. The molecule has 0 spiro atoms. The summed E-state index contributed by atoms with van der Waals surface area (Å²) in [5, 5.41) is 0. The fourth-order valence-corrected chi connectivity index (χ4v) is 1.62. The number of hydrogen-bond acceptors (Lipinski definition) is 3. The van der Waals surface area contributed by atoms with Crippen molar-refractivity contribution < 1.29 is 13.9 Å². The van der Waals surface area contributed by atoms with E-state index in [9.17, 15) is 4.39 Å². The van der Waals surface area contributed by atoms with Crippen LogP contribution in [-0.2, 0) is 6.42 Å². The number of methoxy groups -OCH3 is 2. The maximum atomic E-state index is 13.5. The van der Waals surface area contributed by atoms with Crippen LogP contribution in [0.15, 0.2) is 12.1 Å². The van der Waals surface area contributed by atoms with Gasteiger partial charge in [-0.05, 0) is 32.4 Å². The Morgan fingerprint density at radius 3 is 2.31 bits per heavy atom. The van der Waals surface area contributed by atoms with Crippen molar-refractivity contribution in [2.75, 3.05) is 14.2 Å². The van der Waals surface area contributed by atoms with Gasteiger partial charge in [-0.15, -0.1) is 0 Å². The molecular weight excluding hydrogens is 209 g/mol. The maximum absolute atomic E-state index is 13.5. The highest BCUT2D eigenvalue weighted by Crippen LogP contribution is 2.33. The molecule has 0 aromatic heterocycles. The Kier molecular flexibility index (Phi) is 3.75. The molecule has 0 amide bonds. The third-order valence-corrected chi connectivity index (χ3v) is 2.23. The van der Waals surface area contributed by atoms with Gasteiger partial charge in [0, 0.05) is 11.1 Å². The maximum Gasteiger partial charge on any atom is 0.165 e. The standard InChI is InChI=1S/C12H18FNO2/c1-12(2,14)7-8-10(15-3)6-5-9(13)11(8)16-4/h5-6H,7,14H2,1-4H3. The summed E-state index contributed by atoms with van der Waals surface area (Å²) in [5.74, 6) is 0.400. The zero-order valence-corrected chi connectivity index (χ0v) is 10.1. The molecule has 0 aliphatic carbocycles. The first kappa shape index (κ1) is 12.8. The second kappa shape index (κ2) is 4.70. The minimum Gasteiger partial charge on any atom is -0.496 e. The lowest BCUT2D eigenvalue weighted by Gasteiger charge is -2.22. The van der Waals surface area contributed by atoms with Crippen LogP contribution in [-0.4, -0.2) is 19.8 Å². The Bertz CT molecular complexity index is 372. The fourth-order valence-electron chi connectivity index (χ4n) is 1.62. The van der Waals surface area contributed by atoms with Gasteiger partial charge in [-0.2, -0.15) is 0 Å². The van der Waals surface area contributed by atoms with Crippen molar-refractivity contribution in [3.05, 3.63) is 23.5 Å². The lowest BCUT2D eigenvalue weighted by atomic mass is 9.94. The molecular formula is C12H18FNO2. The minimum absolute atomic E-state index is 0.206. The summed E-state index contributed by atoms with van der Waals surface area (Å²) in [6.07, 6.45) is 0.483. The molecule has 4 heteroatoms. The van der Waals surface area contributed by atoms with Gasteiger partial charge in [0.2, 0.25) is 0 Å². The van der Waals surface area contributed by atoms with E-state index in [0.717, 1.165) is 0 Å². The minimum atomic E-state index is -0.450. The van der Waals surface area contributed by atoms with Crippen molar-refractivity contribution in [2.45, 2.75) is 25.8 Å². The van der Waals surface area contributed by atoms with E-state index in [4.69, 9.17) is 15.2 Å². The van der Waals surface area contributed by atoms with Crippen LogP contribution in [0.2, 0.25) is 0 Å². The Labute approximate surface area is 95.4 Å². The van der Waals surface area contributed by atoms with Gasteiger partial charge in [0.05, 0.1) is 14.2 Å². The lowest BCUT2D eigenvalue weighted by Crippen LogP contribution is -2.34. The molecule has 0 radical (unpaired) electrons. The van der Waals surface area contributed by atoms with Crippen LogP contribution < -0.4 is 15.2 Å². The SMILES string of the molecule is COc1ccc(F)c(OC)c1CC(C)(C)N. The van der Waals surface area contributed by atoms with Crippen LogP contribution in [0.1, 0.15) is 19.4 Å². The molecule has 0 saturated heterocycles. The zero-order valence-electron chi connectivity index (χ0n) is 10.1. The zero-order chi connectivity index (χ0) is 12.3. The number of benzene rings is 1. The van der Waals surface area contributed by atoms with Gasteiger partial charge in [0.25, 0.3) is 0 Å². The molecule has 3 nitrogen and oxygen atoms in total. The Balaban J connectivity index is 3.25. The second-order valence-electron chi connectivity index (χ2n) is 4.43. The first-order valence-electron chi connectivity index (χ1n) is 5.07. The molecule has 0 saturated carbocycles. The number of nitrogens with two attached hydrogens (primary N) is 1. The lowest BCUT2D eigenvalue weighted by molar-refractivity contribution is 0.357. The van der Waals surface area contributed by atoms with Crippen molar-refractivity contribution >= 4 is 0 Å². The summed E-state index contributed by atoms with van der Waals surface area (Å²) in [6, 6.07) is 2.91. The number of halogens is 1. The van der Waals surface area contributed by atoms with Gasteiger partial charge in [-0.1, -0.05) is 0 Å². The fraction of sp³-hybridized carbons (Fsp3) is 0.500. The quantitative estimate of drug-likeness (QED) is 0.857. The summed E-state index contributed by atoms with van der Waals surface area (Å²) in [5.41, 5.74) is 6.15. The van der Waals surface area contributed by atoms with E-state index in [-0.39, 0.29) is 5.75 Å². The summed E-state index contributed by atoms with van der Waals surface area (Å²) >= 11 is 0. The van der Waals surface area contributed by atoms with E-state index >= 15 is 0 Å². The highest BCUT2D eigenvalue weighted by Gasteiger charge is 2.21. The molecule has 90 valence electrons. The van der Waals surface area contributed by atoms with Gasteiger partial charge in [-0.3, -0.25) is 0 Å². The van der Waals surface area contributed by atoms with Crippen LogP contribution in [0.5, 0.6) is 11.5 Å². The van der Waals surface area contributed by atoms with Gasteiger partial charge >= 0.3 is 0 Å². The van der Waals surface area contributed by atoms with E-state index in [1.165, 1.54) is 13.2 Å². The number of rotatable bonds is 4. The van der Waals surface area contributed by atoms with Gasteiger partial charge in [0.1, 0.15) is 5.75 Å². The third kappa shape index (κ3) is 2.85. The predicted molar refractivity (Wildman–Crippen MR) is 61.5 cm³/mol. The molecule has 1 aromatic carbocycles. The second-order valence-corrected chi connectivity index (χ2v) is 4.43. The smallest absolute Gasteiger partial charge is 0.165 e. The van der Waals surface area contributed by atoms with Crippen molar-refractivity contribution in [1.29, 1.82) is 0 Å². The third-order valence-electron chi connectivity index (χ3n) is 2.23. The molecule has 0 bridgehead atoms.